The molecule has 1 amide bonds. The molecule has 92 valence electrons. The average molecular weight is 250 g/mol. The van der Waals surface area contributed by atoms with E-state index in [0.717, 1.165) is 0 Å². The van der Waals surface area contributed by atoms with Crippen LogP contribution >= 0.6 is 0 Å². The molecule has 0 aromatic heterocycles. The molecule has 1 heterocycles. The van der Waals surface area contributed by atoms with Gasteiger partial charge in [0.15, 0.2) is 0 Å². The maximum absolute atomic E-state index is 11.4. The van der Waals surface area contributed by atoms with E-state index in [1.807, 2.05) is 0 Å². The fraction of sp³-hybridized carbons (Fsp3) is 0.750. The molecule has 0 aromatic carbocycles. The number of carbonyl (C=O) groups is 2. The Hall–Kier alpha value is -1.15. The minimum atomic E-state index is -3.63. The molecule has 1 aliphatic heterocycles. The number of carboxylic acid groups (broad SMARTS) is 1. The van der Waals surface area contributed by atoms with Gasteiger partial charge in [-0.2, -0.15) is 0 Å². The summed E-state index contributed by atoms with van der Waals surface area (Å²) in [6, 6.07) is 0. The van der Waals surface area contributed by atoms with E-state index in [1.54, 1.807) is 0 Å². The Morgan fingerprint density at radius 3 is 2.69 bits per heavy atom. The molecule has 7 nitrogen and oxygen atoms in total. The van der Waals surface area contributed by atoms with Gasteiger partial charge in [-0.25, -0.2) is 13.6 Å². The van der Waals surface area contributed by atoms with Gasteiger partial charge in [0.1, 0.15) is 0 Å². The summed E-state index contributed by atoms with van der Waals surface area (Å²) in [5.41, 5.74) is 0. The zero-order valence-corrected chi connectivity index (χ0v) is 9.44. The summed E-state index contributed by atoms with van der Waals surface area (Å²) < 4.78 is 21.4. The fourth-order valence-electron chi connectivity index (χ4n) is 1.57. The zero-order valence-electron chi connectivity index (χ0n) is 8.63. The van der Waals surface area contributed by atoms with Crippen molar-refractivity contribution >= 4 is 21.9 Å². The predicted octanol–water partition coefficient (Wildman–Crippen LogP) is -1.40. The number of nitrogens with zero attached hydrogens (tertiary/aromatic N) is 1. The Bertz CT molecular complexity index is 391. The molecule has 0 aliphatic carbocycles. The van der Waals surface area contributed by atoms with Crippen molar-refractivity contribution in [3.8, 4) is 0 Å². The lowest BCUT2D eigenvalue weighted by Crippen LogP contribution is -2.45. The highest BCUT2D eigenvalue weighted by atomic mass is 32.2. The number of aliphatic carboxylic acids is 1. The molecule has 1 rings (SSSR count). The predicted molar refractivity (Wildman–Crippen MR) is 54.9 cm³/mol. The molecule has 16 heavy (non-hydrogen) atoms. The first kappa shape index (κ1) is 12.9. The highest BCUT2D eigenvalue weighted by Crippen LogP contribution is 2.17. The van der Waals surface area contributed by atoms with Gasteiger partial charge in [0.25, 0.3) is 0 Å². The number of carbonyl (C=O) groups excluding carboxylic acids is 1. The van der Waals surface area contributed by atoms with Crippen molar-refractivity contribution in [3.05, 3.63) is 0 Å². The third-order valence-electron chi connectivity index (χ3n) is 2.50. The lowest BCUT2D eigenvalue weighted by molar-refractivity contribution is -0.147. The van der Waals surface area contributed by atoms with Gasteiger partial charge in [0, 0.05) is 19.5 Å². The van der Waals surface area contributed by atoms with E-state index in [0.29, 0.717) is 6.42 Å². The Kier molecular flexibility index (Phi) is 3.87. The minimum Gasteiger partial charge on any atom is -0.481 e. The second-order valence-electron chi connectivity index (χ2n) is 3.78. The molecule has 1 aliphatic rings. The van der Waals surface area contributed by atoms with Crippen molar-refractivity contribution < 1.29 is 23.1 Å². The topological polar surface area (TPSA) is 118 Å². The van der Waals surface area contributed by atoms with Gasteiger partial charge in [0.05, 0.1) is 11.7 Å². The quantitative estimate of drug-likeness (QED) is 0.636. The maximum atomic E-state index is 11.4. The number of hydrogen-bond acceptors (Lipinski definition) is 4. The Morgan fingerprint density at radius 1 is 1.56 bits per heavy atom. The fourth-order valence-corrected chi connectivity index (χ4v) is 2.04. The molecule has 0 saturated carbocycles. The van der Waals surface area contributed by atoms with Crippen molar-refractivity contribution in [1.29, 1.82) is 0 Å². The van der Waals surface area contributed by atoms with Crippen LogP contribution in [-0.2, 0) is 19.6 Å². The molecular formula is C8H14N2O5S. The van der Waals surface area contributed by atoms with Crippen LogP contribution in [0.25, 0.3) is 0 Å². The lowest BCUT2D eigenvalue weighted by Gasteiger charge is -2.30. The largest absolute Gasteiger partial charge is 0.481 e. The monoisotopic (exact) mass is 250 g/mol. The van der Waals surface area contributed by atoms with Crippen LogP contribution < -0.4 is 5.14 Å². The van der Waals surface area contributed by atoms with Gasteiger partial charge in [-0.3, -0.25) is 9.59 Å². The summed E-state index contributed by atoms with van der Waals surface area (Å²) in [7, 11) is -3.63. The summed E-state index contributed by atoms with van der Waals surface area (Å²) >= 11 is 0. The molecule has 8 heteroatoms. The smallest absolute Gasteiger partial charge is 0.308 e. The first-order valence-electron chi connectivity index (χ1n) is 4.80. The van der Waals surface area contributed by atoms with Gasteiger partial charge < -0.3 is 10.0 Å². The molecule has 0 aromatic rings. The van der Waals surface area contributed by atoms with E-state index < -0.39 is 21.9 Å². The summed E-state index contributed by atoms with van der Waals surface area (Å²) in [6.07, 6.45) is 0.446. The van der Waals surface area contributed by atoms with Gasteiger partial charge in [0.2, 0.25) is 15.9 Å². The van der Waals surface area contributed by atoms with Crippen LogP contribution in [-0.4, -0.2) is 49.1 Å². The summed E-state index contributed by atoms with van der Waals surface area (Å²) in [6.45, 7) is 0.0190. The van der Waals surface area contributed by atoms with E-state index in [2.05, 4.69) is 0 Å². The highest BCUT2D eigenvalue weighted by Gasteiger charge is 2.30. The van der Waals surface area contributed by atoms with E-state index >= 15 is 0 Å². The maximum Gasteiger partial charge on any atom is 0.308 e. The number of sulfonamides is 1. The molecule has 0 spiro atoms. The van der Waals surface area contributed by atoms with Crippen LogP contribution in [0.2, 0.25) is 0 Å². The summed E-state index contributed by atoms with van der Waals surface area (Å²) in [5.74, 6) is -2.14. The standard InChI is InChI=1S/C8H14N2O5S/c9-16(14,15)4-3-10-5-6(8(12)13)1-2-7(10)11/h6H,1-5H2,(H,12,13)(H2,9,14,15). The third kappa shape index (κ3) is 3.78. The molecular weight excluding hydrogens is 236 g/mol. The first-order chi connectivity index (χ1) is 7.29. The summed E-state index contributed by atoms with van der Waals surface area (Å²) in [4.78, 5) is 23.3. The molecule has 1 fully saturated rings. The number of hydrogen-bond donors (Lipinski definition) is 2. The second-order valence-corrected chi connectivity index (χ2v) is 5.51. The second kappa shape index (κ2) is 4.79. The Balaban J connectivity index is 2.57. The molecule has 1 saturated heterocycles. The number of primary sulfonamides is 1. The minimum absolute atomic E-state index is 0.0402. The number of nitrogens with two attached hydrogens (primary N) is 1. The van der Waals surface area contributed by atoms with Gasteiger partial charge in [-0.1, -0.05) is 0 Å². The van der Waals surface area contributed by atoms with Gasteiger partial charge >= 0.3 is 5.97 Å². The molecule has 0 radical (unpaired) electrons. The molecule has 1 atom stereocenters. The molecule has 3 N–H and O–H groups in total. The normalized spacial score (nSPS) is 22.2. The third-order valence-corrected chi connectivity index (χ3v) is 3.25. The van der Waals surface area contributed by atoms with E-state index in [9.17, 15) is 18.0 Å². The van der Waals surface area contributed by atoms with Crippen LogP contribution in [0.1, 0.15) is 12.8 Å². The van der Waals surface area contributed by atoms with Crippen LogP contribution in [0.4, 0.5) is 0 Å². The SMILES string of the molecule is NS(=O)(=O)CCN1CC(C(=O)O)CCC1=O. The van der Waals surface area contributed by atoms with E-state index in [1.165, 1.54) is 4.90 Å². The van der Waals surface area contributed by atoms with Crippen molar-refractivity contribution in [2.45, 2.75) is 12.8 Å². The average Bonchev–Trinajstić information content (AvgIpc) is 2.14. The molecule has 1 unspecified atom stereocenters. The van der Waals surface area contributed by atoms with E-state index in [-0.39, 0.29) is 31.2 Å². The molecule has 0 bridgehead atoms. The number of rotatable bonds is 4. The van der Waals surface area contributed by atoms with Gasteiger partial charge in [-0.05, 0) is 6.42 Å². The zero-order chi connectivity index (χ0) is 12.3. The number of amides is 1. The number of likely N-dealkylation sites (tertiary alicyclic amines) is 1. The van der Waals surface area contributed by atoms with Crippen LogP contribution in [0.3, 0.4) is 0 Å². The van der Waals surface area contributed by atoms with Crippen LogP contribution in [0.5, 0.6) is 0 Å². The first-order valence-corrected chi connectivity index (χ1v) is 6.52. The Morgan fingerprint density at radius 2 is 2.19 bits per heavy atom. The van der Waals surface area contributed by atoms with Crippen LogP contribution in [0.15, 0.2) is 0 Å². The van der Waals surface area contributed by atoms with Crippen molar-refractivity contribution in [2.24, 2.45) is 11.1 Å². The number of carboxylic acids is 1. The van der Waals surface area contributed by atoms with Crippen molar-refractivity contribution in [3.63, 3.8) is 0 Å². The Labute approximate surface area is 93.3 Å². The van der Waals surface area contributed by atoms with Crippen molar-refractivity contribution in [1.82, 2.24) is 4.90 Å². The lowest BCUT2D eigenvalue weighted by atomic mass is 9.98. The highest BCUT2D eigenvalue weighted by molar-refractivity contribution is 7.89. The van der Waals surface area contributed by atoms with Crippen molar-refractivity contribution in [2.75, 3.05) is 18.8 Å². The van der Waals surface area contributed by atoms with E-state index in [4.69, 9.17) is 10.2 Å². The summed E-state index contributed by atoms with van der Waals surface area (Å²) in [5, 5.41) is 13.6. The van der Waals surface area contributed by atoms with Crippen LogP contribution in [0, 0.1) is 5.92 Å². The van der Waals surface area contributed by atoms with Gasteiger partial charge in [-0.15, -0.1) is 0 Å². The number of piperidine rings is 1.